The topological polar surface area (TPSA) is 98.7 Å². The molecular weight excluding hydrogens is 379 g/mol. The molecule has 0 fully saturated rings. The van der Waals surface area contributed by atoms with Gasteiger partial charge in [0.15, 0.2) is 5.75 Å². The minimum Gasteiger partial charge on any atom is -0.506 e. The van der Waals surface area contributed by atoms with E-state index in [1.807, 2.05) is 12.1 Å². The Morgan fingerprint density at radius 1 is 0.808 bits per heavy atom. The zero-order chi connectivity index (χ0) is 18.8. The summed E-state index contributed by atoms with van der Waals surface area (Å²) < 4.78 is 0. The van der Waals surface area contributed by atoms with E-state index >= 15 is 0 Å². The van der Waals surface area contributed by atoms with E-state index in [0.717, 1.165) is 10.8 Å². The lowest BCUT2D eigenvalue weighted by atomic mass is 10.1. The number of phenols is 2. The van der Waals surface area contributed by atoms with Crippen molar-refractivity contribution in [3.63, 3.8) is 0 Å². The third-order valence-electron chi connectivity index (χ3n) is 3.59. The SMILES string of the molecule is O=C(Nc1cc2ccccc2cc1O)C(=O)Nc1cc(Cl)cc(Cl)c1O. The first-order chi connectivity index (χ1) is 12.3. The molecule has 0 spiro atoms. The van der Waals surface area contributed by atoms with Gasteiger partial charge in [-0.05, 0) is 35.0 Å². The summed E-state index contributed by atoms with van der Waals surface area (Å²) in [5, 5.41) is 26.1. The fourth-order valence-corrected chi connectivity index (χ4v) is 2.84. The normalized spacial score (nSPS) is 10.5. The van der Waals surface area contributed by atoms with Crippen molar-refractivity contribution in [2.45, 2.75) is 0 Å². The molecule has 0 aliphatic heterocycles. The van der Waals surface area contributed by atoms with Crippen LogP contribution in [0.15, 0.2) is 48.5 Å². The number of fused-ring (bicyclic) bond motifs is 1. The molecule has 3 rings (SSSR count). The largest absolute Gasteiger partial charge is 0.506 e. The second kappa shape index (κ2) is 7.11. The number of phenolic OH excluding ortho intramolecular Hbond substituents is 2. The minimum atomic E-state index is -1.06. The van der Waals surface area contributed by atoms with Crippen molar-refractivity contribution >= 4 is 57.2 Å². The third kappa shape index (κ3) is 3.66. The van der Waals surface area contributed by atoms with Crippen LogP contribution in [0.3, 0.4) is 0 Å². The quantitative estimate of drug-likeness (QED) is 0.390. The number of carbonyl (C=O) groups excluding carboxylic acids is 2. The first-order valence-electron chi connectivity index (χ1n) is 7.37. The molecule has 2 amide bonds. The van der Waals surface area contributed by atoms with Gasteiger partial charge in [0.05, 0.1) is 16.4 Å². The summed E-state index contributed by atoms with van der Waals surface area (Å²) in [5.74, 6) is -2.69. The molecule has 0 aliphatic rings. The molecule has 0 aliphatic carbocycles. The van der Waals surface area contributed by atoms with E-state index in [-0.39, 0.29) is 27.2 Å². The zero-order valence-corrected chi connectivity index (χ0v) is 14.6. The lowest BCUT2D eigenvalue weighted by Gasteiger charge is -2.11. The van der Waals surface area contributed by atoms with Gasteiger partial charge in [-0.15, -0.1) is 0 Å². The maximum Gasteiger partial charge on any atom is 0.314 e. The van der Waals surface area contributed by atoms with Crippen LogP contribution >= 0.6 is 23.2 Å². The Morgan fingerprint density at radius 2 is 1.38 bits per heavy atom. The number of rotatable bonds is 2. The summed E-state index contributed by atoms with van der Waals surface area (Å²) in [6.07, 6.45) is 0. The molecule has 0 aromatic heterocycles. The van der Waals surface area contributed by atoms with Crippen LogP contribution in [0, 0.1) is 0 Å². The molecular formula is C18H12Cl2N2O4. The first-order valence-corrected chi connectivity index (χ1v) is 8.13. The van der Waals surface area contributed by atoms with E-state index < -0.39 is 17.6 Å². The Balaban J connectivity index is 1.80. The number of amides is 2. The van der Waals surface area contributed by atoms with E-state index in [1.54, 1.807) is 18.2 Å². The molecule has 26 heavy (non-hydrogen) atoms. The Labute approximate surface area is 158 Å². The van der Waals surface area contributed by atoms with Gasteiger partial charge in [-0.25, -0.2) is 0 Å². The van der Waals surface area contributed by atoms with E-state index in [1.165, 1.54) is 18.2 Å². The van der Waals surface area contributed by atoms with Crippen molar-refractivity contribution < 1.29 is 19.8 Å². The number of carbonyl (C=O) groups is 2. The van der Waals surface area contributed by atoms with Gasteiger partial charge in [0, 0.05) is 5.02 Å². The highest BCUT2D eigenvalue weighted by Crippen LogP contribution is 2.35. The fourth-order valence-electron chi connectivity index (χ4n) is 2.35. The van der Waals surface area contributed by atoms with Crippen molar-refractivity contribution in [1.29, 1.82) is 0 Å². The van der Waals surface area contributed by atoms with Crippen LogP contribution < -0.4 is 10.6 Å². The molecule has 6 nitrogen and oxygen atoms in total. The molecule has 0 atom stereocenters. The molecule has 0 radical (unpaired) electrons. The number of halogens is 2. The molecule has 8 heteroatoms. The summed E-state index contributed by atoms with van der Waals surface area (Å²) in [5.41, 5.74) is -0.0254. The van der Waals surface area contributed by atoms with Crippen molar-refractivity contribution in [3.05, 3.63) is 58.6 Å². The van der Waals surface area contributed by atoms with E-state index in [2.05, 4.69) is 10.6 Å². The van der Waals surface area contributed by atoms with Gasteiger partial charge in [0.25, 0.3) is 0 Å². The Hall–Kier alpha value is -2.96. The Bertz CT molecular complexity index is 1040. The molecule has 0 unspecified atom stereocenters. The number of nitrogens with one attached hydrogen (secondary N) is 2. The van der Waals surface area contributed by atoms with Crippen LogP contribution in [0.2, 0.25) is 10.0 Å². The number of hydrogen-bond donors (Lipinski definition) is 4. The highest BCUT2D eigenvalue weighted by Gasteiger charge is 2.19. The second-order valence-electron chi connectivity index (χ2n) is 5.41. The lowest BCUT2D eigenvalue weighted by molar-refractivity contribution is -0.133. The van der Waals surface area contributed by atoms with E-state index in [9.17, 15) is 19.8 Å². The van der Waals surface area contributed by atoms with Crippen LogP contribution in [-0.4, -0.2) is 22.0 Å². The molecule has 3 aromatic carbocycles. The summed E-state index contributed by atoms with van der Waals surface area (Å²) in [6, 6.07) is 12.8. The second-order valence-corrected chi connectivity index (χ2v) is 6.25. The van der Waals surface area contributed by atoms with Crippen LogP contribution in [0.1, 0.15) is 0 Å². The molecule has 0 saturated carbocycles. The first kappa shape index (κ1) is 17.8. The summed E-state index contributed by atoms with van der Waals surface area (Å²) in [7, 11) is 0. The van der Waals surface area contributed by atoms with Crippen molar-refractivity contribution in [2.75, 3.05) is 10.6 Å². The molecule has 132 valence electrons. The smallest absolute Gasteiger partial charge is 0.314 e. The predicted octanol–water partition coefficient (Wildman–Crippen LogP) is 4.14. The van der Waals surface area contributed by atoms with Crippen LogP contribution in [0.5, 0.6) is 11.5 Å². The third-order valence-corrected chi connectivity index (χ3v) is 4.10. The van der Waals surface area contributed by atoms with Gasteiger partial charge >= 0.3 is 11.8 Å². The number of aromatic hydroxyl groups is 2. The van der Waals surface area contributed by atoms with Gasteiger partial charge in [0.1, 0.15) is 5.75 Å². The average Bonchev–Trinajstić information content (AvgIpc) is 2.59. The summed E-state index contributed by atoms with van der Waals surface area (Å²) >= 11 is 11.6. The lowest BCUT2D eigenvalue weighted by Crippen LogP contribution is -2.29. The maximum absolute atomic E-state index is 12.1. The van der Waals surface area contributed by atoms with Gasteiger partial charge in [-0.2, -0.15) is 0 Å². The molecule has 0 bridgehead atoms. The van der Waals surface area contributed by atoms with Gasteiger partial charge in [-0.1, -0.05) is 47.5 Å². The molecule has 0 heterocycles. The fraction of sp³-hybridized carbons (Fsp3) is 0. The number of anilines is 2. The number of hydrogen-bond acceptors (Lipinski definition) is 4. The van der Waals surface area contributed by atoms with Gasteiger partial charge in [-0.3, -0.25) is 9.59 Å². The van der Waals surface area contributed by atoms with E-state index in [0.29, 0.717) is 0 Å². The molecule has 4 N–H and O–H groups in total. The predicted molar refractivity (Wildman–Crippen MR) is 101 cm³/mol. The van der Waals surface area contributed by atoms with Crippen LogP contribution in [0.25, 0.3) is 10.8 Å². The number of benzene rings is 3. The summed E-state index contributed by atoms with van der Waals surface area (Å²) in [4.78, 5) is 24.2. The van der Waals surface area contributed by atoms with Gasteiger partial charge in [0.2, 0.25) is 0 Å². The Kier molecular flexibility index (Phi) is 4.88. The van der Waals surface area contributed by atoms with Crippen LogP contribution in [0.4, 0.5) is 11.4 Å². The highest BCUT2D eigenvalue weighted by atomic mass is 35.5. The van der Waals surface area contributed by atoms with Gasteiger partial charge < -0.3 is 20.8 Å². The monoisotopic (exact) mass is 390 g/mol. The average molecular weight is 391 g/mol. The summed E-state index contributed by atoms with van der Waals surface area (Å²) in [6.45, 7) is 0. The molecule has 3 aromatic rings. The zero-order valence-electron chi connectivity index (χ0n) is 13.1. The minimum absolute atomic E-state index is 0.0691. The van der Waals surface area contributed by atoms with E-state index in [4.69, 9.17) is 23.2 Å². The highest BCUT2D eigenvalue weighted by molar-refractivity contribution is 6.44. The van der Waals surface area contributed by atoms with Crippen molar-refractivity contribution in [3.8, 4) is 11.5 Å². The van der Waals surface area contributed by atoms with Crippen LogP contribution in [-0.2, 0) is 9.59 Å². The standard InChI is InChI=1S/C18H12Cl2N2O4/c19-11-7-12(20)16(24)14(8-11)22-18(26)17(25)21-13-5-9-3-1-2-4-10(9)6-15(13)23/h1-8,23-24H,(H,21,25)(H,22,26). The van der Waals surface area contributed by atoms with Crippen molar-refractivity contribution in [2.24, 2.45) is 0 Å². The molecule has 0 saturated heterocycles. The maximum atomic E-state index is 12.1. The Morgan fingerprint density at radius 3 is 2.04 bits per heavy atom. The van der Waals surface area contributed by atoms with Crippen molar-refractivity contribution in [1.82, 2.24) is 0 Å².